The third-order valence-corrected chi connectivity index (χ3v) is 9.92. The number of carbonyl (C=O) groups excluding carboxylic acids is 2. The second kappa shape index (κ2) is 18.3. The van der Waals surface area contributed by atoms with E-state index in [2.05, 4.69) is 44.3 Å². The highest BCUT2D eigenvalue weighted by Crippen LogP contribution is 2.45. The molecule has 1 unspecified atom stereocenters. The van der Waals surface area contributed by atoms with Crippen molar-refractivity contribution in [1.29, 1.82) is 0 Å². The maximum Gasteiger partial charge on any atom is 0.334 e. The lowest BCUT2D eigenvalue weighted by Gasteiger charge is -2.38. The number of ether oxygens (including phenoxy) is 2. The zero-order valence-electron chi connectivity index (χ0n) is 26.5. The molecule has 2 saturated carbocycles. The van der Waals surface area contributed by atoms with Gasteiger partial charge in [0.25, 0.3) is 0 Å². The van der Waals surface area contributed by atoms with E-state index < -0.39 is 5.97 Å². The van der Waals surface area contributed by atoms with E-state index in [4.69, 9.17) is 15.2 Å². The summed E-state index contributed by atoms with van der Waals surface area (Å²) in [5, 5.41) is 0. The van der Waals surface area contributed by atoms with Gasteiger partial charge in [0.05, 0.1) is 13.2 Å². The number of nitrogens with two attached hydrogens (primary N) is 1. The predicted molar refractivity (Wildman–Crippen MR) is 172 cm³/mol. The van der Waals surface area contributed by atoms with Gasteiger partial charge in [0, 0.05) is 17.7 Å². The molecule has 0 amide bonds. The van der Waals surface area contributed by atoms with Crippen LogP contribution in [0.4, 0.5) is 0 Å². The van der Waals surface area contributed by atoms with Gasteiger partial charge in [-0.3, -0.25) is 0 Å². The maximum atomic E-state index is 12.0. The number of hydrogen-bond acceptors (Lipinski definition) is 5. The fourth-order valence-corrected chi connectivity index (χ4v) is 7.15. The number of unbranched alkanes of at least 4 members (excludes halogenated alkanes) is 2. The van der Waals surface area contributed by atoms with Gasteiger partial charge in [0.2, 0.25) is 0 Å². The van der Waals surface area contributed by atoms with Crippen molar-refractivity contribution in [3.8, 4) is 0 Å². The molecule has 1 atom stereocenters. The average Bonchev–Trinajstić information content (AvgIpc) is 3.01. The fourth-order valence-electron chi connectivity index (χ4n) is 7.15. The summed E-state index contributed by atoms with van der Waals surface area (Å²) in [6.07, 6.45) is 18.4. The standard InChI is InChI=1S/C37H57NO4/c1-5-6-7-8-29-9-13-32(14-10-29)34-17-19-35(20-18-34)33-15-11-30(12-16-33)25-31(21-23-41-36(39)27(2)3)22-24-42-37(40)28(4)26-38/h9-10,13-14,30-31,33-35H,2,4-8,11-12,15-26,38H2,1,3H3. The topological polar surface area (TPSA) is 78.6 Å². The minimum Gasteiger partial charge on any atom is -0.462 e. The molecule has 0 spiro atoms. The first-order valence-electron chi connectivity index (χ1n) is 16.8. The Bertz CT molecular complexity index is 984. The molecule has 5 nitrogen and oxygen atoms in total. The van der Waals surface area contributed by atoms with E-state index in [1.54, 1.807) is 12.5 Å². The minimum atomic E-state index is -0.417. The van der Waals surface area contributed by atoms with E-state index >= 15 is 0 Å². The highest BCUT2D eigenvalue weighted by Gasteiger charge is 2.32. The first-order valence-corrected chi connectivity index (χ1v) is 16.8. The predicted octanol–water partition coefficient (Wildman–Crippen LogP) is 8.46. The smallest absolute Gasteiger partial charge is 0.334 e. The van der Waals surface area contributed by atoms with Crippen molar-refractivity contribution >= 4 is 11.9 Å². The summed E-state index contributed by atoms with van der Waals surface area (Å²) in [4.78, 5) is 23.8. The zero-order chi connectivity index (χ0) is 30.3. The molecule has 42 heavy (non-hydrogen) atoms. The lowest BCUT2D eigenvalue weighted by atomic mass is 9.67. The van der Waals surface area contributed by atoms with Crippen molar-refractivity contribution in [3.63, 3.8) is 0 Å². The molecule has 234 valence electrons. The van der Waals surface area contributed by atoms with E-state index in [9.17, 15) is 9.59 Å². The molecule has 0 bridgehead atoms. The molecule has 2 fully saturated rings. The van der Waals surface area contributed by atoms with Gasteiger partial charge >= 0.3 is 11.9 Å². The molecule has 1 aromatic carbocycles. The number of rotatable bonds is 17. The van der Waals surface area contributed by atoms with Gasteiger partial charge in [-0.05, 0) is 118 Å². The minimum absolute atomic E-state index is 0.107. The van der Waals surface area contributed by atoms with E-state index in [-0.39, 0.29) is 12.5 Å². The summed E-state index contributed by atoms with van der Waals surface area (Å²) in [6, 6.07) is 9.56. The average molecular weight is 580 g/mol. The van der Waals surface area contributed by atoms with E-state index in [0.29, 0.717) is 36.2 Å². The van der Waals surface area contributed by atoms with Crippen LogP contribution in [0.1, 0.15) is 121 Å². The largest absolute Gasteiger partial charge is 0.462 e. The van der Waals surface area contributed by atoms with E-state index in [1.165, 1.54) is 82.6 Å². The van der Waals surface area contributed by atoms with E-state index in [0.717, 1.165) is 37.0 Å². The molecule has 0 aromatic heterocycles. The Morgan fingerprint density at radius 3 is 1.98 bits per heavy atom. The van der Waals surface area contributed by atoms with Crippen LogP contribution >= 0.6 is 0 Å². The maximum absolute atomic E-state index is 12.0. The number of carbonyl (C=O) groups is 2. The van der Waals surface area contributed by atoms with E-state index in [1.807, 2.05) is 0 Å². The van der Waals surface area contributed by atoms with Crippen molar-refractivity contribution in [2.75, 3.05) is 19.8 Å². The first kappa shape index (κ1) is 34.1. The summed E-state index contributed by atoms with van der Waals surface area (Å²) in [5.74, 6) is 2.75. The molecular formula is C37H57NO4. The van der Waals surface area contributed by atoms with Crippen LogP contribution in [-0.4, -0.2) is 31.7 Å². The van der Waals surface area contributed by atoms with Gasteiger partial charge in [0.15, 0.2) is 0 Å². The third-order valence-electron chi connectivity index (χ3n) is 9.92. The number of hydrogen-bond donors (Lipinski definition) is 1. The molecule has 0 saturated heterocycles. The summed E-state index contributed by atoms with van der Waals surface area (Å²) in [5.41, 5.74) is 9.27. The summed E-state index contributed by atoms with van der Waals surface area (Å²) in [7, 11) is 0. The molecule has 2 aliphatic rings. The molecular weight excluding hydrogens is 522 g/mol. The Kier molecular flexibility index (Phi) is 14.9. The van der Waals surface area contributed by atoms with Crippen molar-refractivity contribution in [3.05, 3.63) is 59.7 Å². The van der Waals surface area contributed by atoms with Crippen LogP contribution in [0.25, 0.3) is 0 Å². The van der Waals surface area contributed by atoms with Crippen molar-refractivity contribution in [1.82, 2.24) is 0 Å². The highest BCUT2D eigenvalue weighted by atomic mass is 16.5. The van der Waals surface area contributed by atoms with Crippen LogP contribution < -0.4 is 5.73 Å². The summed E-state index contributed by atoms with van der Waals surface area (Å²) in [6.45, 7) is 12.1. The summed E-state index contributed by atoms with van der Waals surface area (Å²) < 4.78 is 10.8. The highest BCUT2D eigenvalue weighted by molar-refractivity contribution is 5.88. The second-order valence-corrected chi connectivity index (χ2v) is 13.1. The second-order valence-electron chi connectivity index (χ2n) is 13.1. The Morgan fingerprint density at radius 2 is 1.43 bits per heavy atom. The van der Waals surface area contributed by atoms with Crippen LogP contribution in [0.5, 0.6) is 0 Å². The molecule has 2 aliphatic carbocycles. The van der Waals surface area contributed by atoms with Crippen LogP contribution in [-0.2, 0) is 25.5 Å². The molecule has 0 aliphatic heterocycles. The molecule has 5 heteroatoms. The quantitative estimate of drug-likeness (QED) is 0.114. The molecule has 0 heterocycles. The van der Waals surface area contributed by atoms with Crippen LogP contribution in [0.2, 0.25) is 0 Å². The van der Waals surface area contributed by atoms with Gasteiger partial charge in [-0.25, -0.2) is 9.59 Å². The van der Waals surface area contributed by atoms with Crippen molar-refractivity contribution in [2.24, 2.45) is 29.4 Å². The third kappa shape index (κ3) is 11.4. The van der Waals surface area contributed by atoms with Gasteiger partial charge in [-0.15, -0.1) is 0 Å². The summed E-state index contributed by atoms with van der Waals surface area (Å²) >= 11 is 0. The SMILES string of the molecule is C=C(C)C(=O)OCCC(CCOC(=O)C(=C)CN)CC1CCC(C2CCC(c3ccc(CCCCC)cc3)CC2)CC1. The van der Waals surface area contributed by atoms with Crippen LogP contribution in [0.15, 0.2) is 48.6 Å². The monoisotopic (exact) mass is 579 g/mol. The fraction of sp³-hybridized carbons (Fsp3) is 0.676. The Balaban J connectivity index is 1.41. The lowest BCUT2D eigenvalue weighted by Crippen LogP contribution is -2.26. The van der Waals surface area contributed by atoms with Crippen molar-refractivity contribution in [2.45, 2.75) is 116 Å². The van der Waals surface area contributed by atoms with Gasteiger partial charge < -0.3 is 15.2 Å². The lowest BCUT2D eigenvalue weighted by molar-refractivity contribution is -0.139. The van der Waals surface area contributed by atoms with Gasteiger partial charge in [0.1, 0.15) is 0 Å². The molecule has 2 N–H and O–H groups in total. The Morgan fingerprint density at radius 1 is 0.857 bits per heavy atom. The van der Waals surface area contributed by atoms with Gasteiger partial charge in [-0.1, -0.05) is 70.0 Å². The number of benzene rings is 1. The van der Waals surface area contributed by atoms with Crippen LogP contribution in [0, 0.1) is 23.7 Å². The van der Waals surface area contributed by atoms with Gasteiger partial charge in [-0.2, -0.15) is 0 Å². The number of esters is 2. The number of aryl methyl sites for hydroxylation is 1. The normalized spacial score (nSPS) is 23.1. The molecule has 1 aromatic rings. The first-order chi connectivity index (χ1) is 20.3. The van der Waals surface area contributed by atoms with Crippen LogP contribution in [0.3, 0.4) is 0 Å². The zero-order valence-corrected chi connectivity index (χ0v) is 26.5. The molecule has 3 rings (SSSR count). The Labute approximate surface area is 255 Å². The molecule has 0 radical (unpaired) electrons. The Hall–Kier alpha value is -2.40. The van der Waals surface area contributed by atoms with Crippen molar-refractivity contribution < 1.29 is 19.1 Å².